The molecule has 0 bridgehead atoms. The van der Waals surface area contributed by atoms with E-state index in [2.05, 4.69) is 0 Å². The molecule has 1 atom stereocenters. The van der Waals surface area contributed by atoms with Gasteiger partial charge in [0.2, 0.25) is 11.8 Å². The van der Waals surface area contributed by atoms with E-state index in [0.717, 1.165) is 12.8 Å². The lowest BCUT2D eigenvalue weighted by Crippen LogP contribution is -2.45. The van der Waals surface area contributed by atoms with E-state index in [1.54, 1.807) is 19.0 Å². The zero-order chi connectivity index (χ0) is 21.8. The van der Waals surface area contributed by atoms with Crippen LogP contribution in [0.1, 0.15) is 46.5 Å². The number of carbonyl (C=O) groups is 4. The summed E-state index contributed by atoms with van der Waals surface area (Å²) in [6.45, 7) is 7.73. The highest BCUT2D eigenvalue weighted by atomic mass is 16.6. The Bertz CT molecular complexity index is 645. The molecule has 5 amide bonds. The van der Waals surface area contributed by atoms with Crippen LogP contribution < -0.4 is 0 Å². The Balaban J connectivity index is 1.76. The molecule has 2 fully saturated rings. The minimum Gasteiger partial charge on any atom is -0.444 e. The fraction of sp³-hybridized carbons (Fsp3) is 0.800. The quantitative estimate of drug-likeness (QED) is 0.623. The molecule has 9 heteroatoms. The molecule has 29 heavy (non-hydrogen) atoms. The van der Waals surface area contributed by atoms with Crippen molar-refractivity contribution in [1.29, 1.82) is 0 Å². The van der Waals surface area contributed by atoms with Gasteiger partial charge in [-0.2, -0.15) is 0 Å². The Labute approximate surface area is 172 Å². The normalized spacial score (nSPS) is 20.3. The number of urea groups is 1. The van der Waals surface area contributed by atoms with Crippen LogP contribution in [0.5, 0.6) is 0 Å². The van der Waals surface area contributed by atoms with Gasteiger partial charge in [-0.1, -0.05) is 0 Å². The second kappa shape index (κ2) is 9.45. The van der Waals surface area contributed by atoms with Crippen LogP contribution in [-0.2, 0) is 14.3 Å². The van der Waals surface area contributed by atoms with Gasteiger partial charge in [0, 0.05) is 46.7 Å². The van der Waals surface area contributed by atoms with Gasteiger partial charge < -0.3 is 19.4 Å². The van der Waals surface area contributed by atoms with Crippen molar-refractivity contribution < 1.29 is 23.9 Å². The van der Waals surface area contributed by atoms with Crippen LogP contribution in [0, 0.1) is 5.92 Å². The van der Waals surface area contributed by atoms with Crippen molar-refractivity contribution in [2.24, 2.45) is 5.92 Å². The van der Waals surface area contributed by atoms with E-state index < -0.39 is 5.60 Å². The monoisotopic (exact) mass is 410 g/mol. The van der Waals surface area contributed by atoms with Gasteiger partial charge in [0.25, 0.3) is 0 Å². The van der Waals surface area contributed by atoms with Gasteiger partial charge in [-0.25, -0.2) is 9.59 Å². The first-order chi connectivity index (χ1) is 13.5. The number of ether oxygens (including phenoxy) is 1. The van der Waals surface area contributed by atoms with Crippen LogP contribution >= 0.6 is 0 Å². The predicted molar refractivity (Wildman–Crippen MR) is 107 cm³/mol. The molecule has 1 unspecified atom stereocenters. The van der Waals surface area contributed by atoms with Crippen molar-refractivity contribution in [3.8, 4) is 0 Å². The van der Waals surface area contributed by atoms with Gasteiger partial charge in [0.05, 0.1) is 0 Å². The molecular formula is C20H34N4O5. The molecule has 164 valence electrons. The minimum absolute atomic E-state index is 0.0297. The van der Waals surface area contributed by atoms with E-state index in [1.807, 2.05) is 25.7 Å². The molecular weight excluding hydrogens is 376 g/mol. The van der Waals surface area contributed by atoms with E-state index in [4.69, 9.17) is 4.74 Å². The third-order valence-corrected chi connectivity index (χ3v) is 5.11. The van der Waals surface area contributed by atoms with Gasteiger partial charge in [0.15, 0.2) is 0 Å². The highest BCUT2D eigenvalue weighted by molar-refractivity contribution is 6.01. The van der Waals surface area contributed by atoms with Crippen LogP contribution in [-0.4, -0.2) is 96.0 Å². The summed E-state index contributed by atoms with van der Waals surface area (Å²) in [5, 5.41) is 0. The summed E-state index contributed by atoms with van der Waals surface area (Å²) in [6, 6.07) is -0.300. The van der Waals surface area contributed by atoms with E-state index in [0.29, 0.717) is 32.5 Å². The Morgan fingerprint density at radius 3 is 2.52 bits per heavy atom. The molecule has 2 aliphatic heterocycles. The molecule has 0 spiro atoms. The van der Waals surface area contributed by atoms with Crippen molar-refractivity contribution in [2.45, 2.75) is 52.1 Å². The van der Waals surface area contributed by atoms with Crippen molar-refractivity contribution >= 4 is 23.9 Å². The maximum absolute atomic E-state index is 12.6. The Hall–Kier alpha value is -2.32. The zero-order valence-corrected chi connectivity index (χ0v) is 18.3. The first-order valence-corrected chi connectivity index (χ1v) is 10.3. The average molecular weight is 411 g/mol. The molecule has 9 nitrogen and oxygen atoms in total. The standard InChI is InChI=1S/C20H34N4O5/c1-20(2,3)29-19(28)22(5)12-15-8-6-10-23(13-15)16(25)9-7-11-24-17(26)14-21(4)18(24)27/h15H,6-14H2,1-5H3. The molecule has 2 rings (SSSR count). The number of imide groups is 1. The summed E-state index contributed by atoms with van der Waals surface area (Å²) in [4.78, 5) is 54.4. The Morgan fingerprint density at radius 2 is 1.93 bits per heavy atom. The molecule has 0 aromatic heterocycles. The lowest BCUT2D eigenvalue weighted by atomic mass is 9.97. The van der Waals surface area contributed by atoms with Crippen molar-refractivity contribution in [3.05, 3.63) is 0 Å². The number of likely N-dealkylation sites (tertiary alicyclic amines) is 1. The largest absolute Gasteiger partial charge is 0.444 e. The van der Waals surface area contributed by atoms with Gasteiger partial charge in [-0.3, -0.25) is 14.5 Å². The van der Waals surface area contributed by atoms with Gasteiger partial charge in [-0.05, 0) is 46.0 Å². The molecule has 2 saturated heterocycles. The maximum Gasteiger partial charge on any atom is 0.410 e. The Morgan fingerprint density at radius 1 is 1.24 bits per heavy atom. The molecule has 2 aliphatic rings. The highest BCUT2D eigenvalue weighted by Gasteiger charge is 2.33. The molecule has 0 saturated carbocycles. The highest BCUT2D eigenvalue weighted by Crippen LogP contribution is 2.20. The number of carbonyl (C=O) groups excluding carboxylic acids is 4. The summed E-state index contributed by atoms with van der Waals surface area (Å²) in [6.07, 6.45) is 2.26. The van der Waals surface area contributed by atoms with E-state index in [-0.39, 0.29) is 42.9 Å². The van der Waals surface area contributed by atoms with Crippen molar-refractivity contribution in [2.75, 3.05) is 46.8 Å². The van der Waals surface area contributed by atoms with Crippen molar-refractivity contribution in [1.82, 2.24) is 19.6 Å². The van der Waals surface area contributed by atoms with E-state index >= 15 is 0 Å². The first-order valence-electron chi connectivity index (χ1n) is 10.3. The number of piperidine rings is 1. The number of hydrogen-bond donors (Lipinski definition) is 0. The van der Waals surface area contributed by atoms with Gasteiger partial charge in [0.1, 0.15) is 12.1 Å². The molecule has 0 radical (unpaired) electrons. The SMILES string of the molecule is CN(CC1CCCN(C(=O)CCCN2C(=O)CN(C)C2=O)C1)C(=O)OC(C)(C)C. The fourth-order valence-corrected chi connectivity index (χ4v) is 3.68. The second-order valence-corrected chi connectivity index (χ2v) is 9.00. The van der Waals surface area contributed by atoms with Crippen LogP contribution in [0.15, 0.2) is 0 Å². The number of amides is 5. The smallest absolute Gasteiger partial charge is 0.410 e. The second-order valence-electron chi connectivity index (χ2n) is 9.00. The lowest BCUT2D eigenvalue weighted by Gasteiger charge is -2.35. The number of hydrogen-bond acceptors (Lipinski definition) is 5. The third kappa shape index (κ3) is 6.61. The Kier molecular flexibility index (Phi) is 7.48. The molecule has 0 aromatic carbocycles. The summed E-state index contributed by atoms with van der Waals surface area (Å²) in [7, 11) is 3.31. The molecule has 2 heterocycles. The van der Waals surface area contributed by atoms with E-state index in [1.165, 1.54) is 9.80 Å². The maximum atomic E-state index is 12.6. The van der Waals surface area contributed by atoms with Crippen LogP contribution in [0.3, 0.4) is 0 Å². The number of likely N-dealkylation sites (N-methyl/N-ethyl adjacent to an activating group) is 1. The molecule has 0 aromatic rings. The molecule has 0 N–H and O–H groups in total. The predicted octanol–water partition coefficient (Wildman–Crippen LogP) is 1.77. The molecule has 0 aliphatic carbocycles. The first kappa shape index (κ1) is 23.0. The lowest BCUT2D eigenvalue weighted by molar-refractivity contribution is -0.133. The number of nitrogens with zero attached hydrogens (tertiary/aromatic N) is 4. The van der Waals surface area contributed by atoms with Crippen molar-refractivity contribution in [3.63, 3.8) is 0 Å². The van der Waals surface area contributed by atoms with Gasteiger partial charge >= 0.3 is 12.1 Å². The topological polar surface area (TPSA) is 90.5 Å². The van der Waals surface area contributed by atoms with Crippen LogP contribution in [0.4, 0.5) is 9.59 Å². The van der Waals surface area contributed by atoms with Crippen LogP contribution in [0.25, 0.3) is 0 Å². The summed E-state index contributed by atoms with van der Waals surface area (Å²) in [5.74, 6) is 0.0239. The number of rotatable bonds is 6. The summed E-state index contributed by atoms with van der Waals surface area (Å²) >= 11 is 0. The van der Waals surface area contributed by atoms with Gasteiger partial charge in [-0.15, -0.1) is 0 Å². The van der Waals surface area contributed by atoms with E-state index in [9.17, 15) is 19.2 Å². The minimum atomic E-state index is -0.535. The summed E-state index contributed by atoms with van der Waals surface area (Å²) < 4.78 is 5.39. The fourth-order valence-electron chi connectivity index (χ4n) is 3.68. The summed E-state index contributed by atoms with van der Waals surface area (Å²) in [5.41, 5.74) is -0.535. The third-order valence-electron chi connectivity index (χ3n) is 5.11. The van der Waals surface area contributed by atoms with Crippen LogP contribution in [0.2, 0.25) is 0 Å². The zero-order valence-electron chi connectivity index (χ0n) is 18.3. The average Bonchev–Trinajstić information content (AvgIpc) is 2.86.